The highest BCUT2D eigenvalue weighted by atomic mass is 16.5. The van der Waals surface area contributed by atoms with E-state index >= 15 is 0 Å². The molecule has 1 aliphatic rings. The van der Waals surface area contributed by atoms with Crippen molar-refractivity contribution in [1.82, 2.24) is 10.3 Å². The van der Waals surface area contributed by atoms with Gasteiger partial charge in [0.25, 0.3) is 5.91 Å². The van der Waals surface area contributed by atoms with Gasteiger partial charge in [0.1, 0.15) is 11.4 Å². The van der Waals surface area contributed by atoms with E-state index in [0.29, 0.717) is 18.8 Å². The molecule has 3 rings (SSSR count). The summed E-state index contributed by atoms with van der Waals surface area (Å²) in [5.74, 6) is 0.654. The van der Waals surface area contributed by atoms with Crippen LogP contribution < -0.4 is 15.4 Å². The molecule has 2 heterocycles. The van der Waals surface area contributed by atoms with Crippen LogP contribution in [0.15, 0.2) is 42.6 Å². The van der Waals surface area contributed by atoms with E-state index in [-0.39, 0.29) is 12.0 Å². The molecule has 0 bridgehead atoms. The van der Waals surface area contributed by atoms with Crippen LogP contribution in [-0.2, 0) is 11.3 Å². The number of hydrogen-bond acceptors (Lipinski definition) is 5. The second kappa shape index (κ2) is 8.48. The zero-order valence-corrected chi connectivity index (χ0v) is 14.3. The summed E-state index contributed by atoms with van der Waals surface area (Å²) in [4.78, 5) is 16.4. The van der Waals surface area contributed by atoms with Gasteiger partial charge in [-0.15, -0.1) is 0 Å². The van der Waals surface area contributed by atoms with Gasteiger partial charge in [-0.2, -0.15) is 0 Å². The second-order valence-corrected chi connectivity index (χ2v) is 5.98. The first kappa shape index (κ1) is 17.2. The molecular formula is C19H23N3O3. The van der Waals surface area contributed by atoms with Crippen molar-refractivity contribution in [3.63, 3.8) is 0 Å². The number of nitrogens with one attached hydrogen (secondary N) is 2. The third-order valence-electron chi connectivity index (χ3n) is 4.16. The van der Waals surface area contributed by atoms with E-state index in [4.69, 9.17) is 9.47 Å². The molecule has 25 heavy (non-hydrogen) atoms. The van der Waals surface area contributed by atoms with E-state index in [2.05, 4.69) is 15.6 Å². The number of pyridine rings is 1. The number of hydrogen-bond donors (Lipinski definition) is 2. The number of amides is 1. The predicted molar refractivity (Wildman–Crippen MR) is 95.9 cm³/mol. The Morgan fingerprint density at radius 1 is 1.32 bits per heavy atom. The minimum absolute atomic E-state index is 0.125. The van der Waals surface area contributed by atoms with Crippen LogP contribution >= 0.6 is 0 Å². The Kier molecular flexibility index (Phi) is 5.85. The normalized spacial score (nSPS) is 16.4. The van der Waals surface area contributed by atoms with E-state index in [0.717, 1.165) is 36.4 Å². The number of benzene rings is 1. The van der Waals surface area contributed by atoms with Crippen LogP contribution in [0.1, 0.15) is 28.9 Å². The molecular weight excluding hydrogens is 318 g/mol. The third-order valence-corrected chi connectivity index (χ3v) is 4.16. The highest BCUT2D eigenvalue weighted by molar-refractivity contribution is 5.93. The van der Waals surface area contributed by atoms with Crippen molar-refractivity contribution in [3.05, 3.63) is 53.9 Å². The maximum atomic E-state index is 12.2. The predicted octanol–water partition coefficient (Wildman–Crippen LogP) is 2.61. The lowest BCUT2D eigenvalue weighted by Crippen LogP contribution is -2.32. The monoisotopic (exact) mass is 341 g/mol. The van der Waals surface area contributed by atoms with Crippen molar-refractivity contribution in [3.8, 4) is 5.75 Å². The van der Waals surface area contributed by atoms with Gasteiger partial charge in [0, 0.05) is 31.6 Å². The van der Waals surface area contributed by atoms with Crippen molar-refractivity contribution in [1.29, 1.82) is 0 Å². The Bertz CT molecular complexity index is 697. The van der Waals surface area contributed by atoms with Gasteiger partial charge < -0.3 is 20.1 Å². The van der Waals surface area contributed by atoms with Crippen LogP contribution in [0, 0.1) is 0 Å². The summed E-state index contributed by atoms with van der Waals surface area (Å²) >= 11 is 0. The molecule has 1 amide bonds. The third kappa shape index (κ3) is 4.93. The summed E-state index contributed by atoms with van der Waals surface area (Å²) in [5.41, 5.74) is 2.38. The van der Waals surface area contributed by atoms with E-state index in [1.165, 1.54) is 0 Å². The number of carbonyl (C=O) groups excluding carboxylic acids is 1. The van der Waals surface area contributed by atoms with Gasteiger partial charge >= 0.3 is 0 Å². The lowest BCUT2D eigenvalue weighted by atomic mass is 10.2. The first-order valence-corrected chi connectivity index (χ1v) is 8.47. The van der Waals surface area contributed by atoms with Crippen LogP contribution in [0.2, 0.25) is 0 Å². The standard InChI is InChI=1S/C19H23N3O3/c1-24-16-6-4-14(5-7-16)12-21-15-8-9-20-18(11-15)19(23)22-13-17-3-2-10-25-17/h4-9,11,17H,2-3,10,12-13H2,1H3,(H,20,21)(H,22,23). The van der Waals surface area contributed by atoms with Crippen molar-refractivity contribution < 1.29 is 14.3 Å². The fourth-order valence-corrected chi connectivity index (χ4v) is 2.71. The van der Waals surface area contributed by atoms with Crippen LogP contribution in [0.4, 0.5) is 5.69 Å². The molecule has 1 unspecified atom stereocenters. The highest BCUT2D eigenvalue weighted by Gasteiger charge is 2.17. The number of nitrogens with zero attached hydrogens (tertiary/aromatic N) is 1. The Hall–Kier alpha value is -2.60. The van der Waals surface area contributed by atoms with E-state index in [1.807, 2.05) is 30.3 Å². The lowest BCUT2D eigenvalue weighted by molar-refractivity contribution is 0.0854. The first-order chi connectivity index (χ1) is 12.2. The van der Waals surface area contributed by atoms with Crippen molar-refractivity contribution >= 4 is 11.6 Å². The number of carbonyl (C=O) groups is 1. The minimum atomic E-state index is -0.177. The van der Waals surface area contributed by atoms with Gasteiger partial charge in [-0.1, -0.05) is 12.1 Å². The molecule has 6 nitrogen and oxygen atoms in total. The topological polar surface area (TPSA) is 72.5 Å². The number of aromatic nitrogens is 1. The lowest BCUT2D eigenvalue weighted by Gasteiger charge is -2.11. The summed E-state index contributed by atoms with van der Waals surface area (Å²) in [7, 11) is 1.65. The van der Waals surface area contributed by atoms with Crippen molar-refractivity contribution in [2.24, 2.45) is 0 Å². The van der Waals surface area contributed by atoms with E-state index in [1.54, 1.807) is 19.4 Å². The number of anilines is 1. The molecule has 0 radical (unpaired) electrons. The maximum absolute atomic E-state index is 12.2. The smallest absolute Gasteiger partial charge is 0.270 e. The average molecular weight is 341 g/mol. The molecule has 1 aromatic heterocycles. The Morgan fingerprint density at radius 3 is 2.88 bits per heavy atom. The van der Waals surface area contributed by atoms with E-state index < -0.39 is 0 Å². The quantitative estimate of drug-likeness (QED) is 0.810. The number of rotatable bonds is 7. The molecule has 0 aliphatic carbocycles. The average Bonchev–Trinajstić information content (AvgIpc) is 3.19. The number of ether oxygens (including phenoxy) is 2. The fraction of sp³-hybridized carbons (Fsp3) is 0.368. The highest BCUT2D eigenvalue weighted by Crippen LogP contribution is 2.14. The molecule has 1 fully saturated rings. The van der Waals surface area contributed by atoms with Crippen molar-refractivity contribution in [2.75, 3.05) is 25.6 Å². The zero-order valence-electron chi connectivity index (χ0n) is 14.3. The molecule has 1 aromatic carbocycles. The van der Waals surface area contributed by atoms with Crippen LogP contribution in [0.3, 0.4) is 0 Å². The summed E-state index contributed by atoms with van der Waals surface area (Å²) in [6, 6.07) is 11.5. The summed E-state index contributed by atoms with van der Waals surface area (Å²) < 4.78 is 10.7. The molecule has 0 spiro atoms. The SMILES string of the molecule is COc1ccc(CNc2ccnc(C(=O)NCC3CCCO3)c2)cc1. The largest absolute Gasteiger partial charge is 0.497 e. The van der Waals surface area contributed by atoms with Crippen molar-refractivity contribution in [2.45, 2.75) is 25.5 Å². The zero-order chi connectivity index (χ0) is 17.5. The molecule has 132 valence electrons. The Labute approximate surface area is 147 Å². The summed E-state index contributed by atoms with van der Waals surface area (Å²) in [6.45, 7) is 1.97. The van der Waals surface area contributed by atoms with Gasteiger partial charge in [-0.3, -0.25) is 9.78 Å². The van der Waals surface area contributed by atoms with Gasteiger partial charge in [0.05, 0.1) is 13.2 Å². The Morgan fingerprint density at radius 2 is 2.16 bits per heavy atom. The fourth-order valence-electron chi connectivity index (χ4n) is 2.71. The van der Waals surface area contributed by atoms with E-state index in [9.17, 15) is 4.79 Å². The summed E-state index contributed by atoms with van der Waals surface area (Å²) in [5, 5.41) is 6.19. The summed E-state index contributed by atoms with van der Waals surface area (Å²) in [6.07, 6.45) is 3.82. The Balaban J connectivity index is 1.53. The molecule has 1 atom stereocenters. The number of methoxy groups -OCH3 is 1. The van der Waals surface area contributed by atoms with Gasteiger partial charge in [0.2, 0.25) is 0 Å². The molecule has 2 N–H and O–H groups in total. The molecule has 0 saturated carbocycles. The van der Waals surface area contributed by atoms with Gasteiger partial charge in [-0.25, -0.2) is 0 Å². The molecule has 6 heteroatoms. The van der Waals surface area contributed by atoms with Crippen LogP contribution in [0.25, 0.3) is 0 Å². The van der Waals surface area contributed by atoms with Gasteiger partial charge in [0.15, 0.2) is 0 Å². The molecule has 1 saturated heterocycles. The maximum Gasteiger partial charge on any atom is 0.270 e. The molecule has 2 aromatic rings. The molecule has 1 aliphatic heterocycles. The minimum Gasteiger partial charge on any atom is -0.497 e. The first-order valence-electron chi connectivity index (χ1n) is 8.47. The van der Waals surface area contributed by atoms with Gasteiger partial charge in [-0.05, 0) is 42.7 Å². The van der Waals surface area contributed by atoms with Crippen LogP contribution in [0.5, 0.6) is 5.75 Å². The second-order valence-electron chi connectivity index (χ2n) is 5.98. The van der Waals surface area contributed by atoms with Crippen LogP contribution in [-0.4, -0.2) is 37.3 Å².